The molecule has 2 aromatic carbocycles. The maximum atomic E-state index is 11.6. The molecule has 8 bridgehead atoms. The van der Waals surface area contributed by atoms with E-state index in [0.717, 1.165) is 46.5 Å². The summed E-state index contributed by atoms with van der Waals surface area (Å²) in [6.07, 6.45) is 16.2. The zero-order valence-electron chi connectivity index (χ0n) is 19.2. The highest BCUT2D eigenvalue weighted by Gasteiger charge is 2.53. The molecule has 0 spiro atoms. The minimum atomic E-state index is 0.151. The van der Waals surface area contributed by atoms with Gasteiger partial charge < -0.3 is 10.2 Å². The summed E-state index contributed by atoms with van der Waals surface area (Å²) in [4.78, 5) is 0. The van der Waals surface area contributed by atoms with Crippen molar-refractivity contribution in [3.05, 3.63) is 35.4 Å². The predicted molar refractivity (Wildman–Crippen MR) is 127 cm³/mol. The van der Waals surface area contributed by atoms with Crippen molar-refractivity contribution in [3.63, 3.8) is 0 Å². The SMILES string of the molecule is Oc1cc(C23CC4CC(CC(C4)C2)C3)cc2ccc(C34CC5CC(CC(C5)C3)C4)c(O)c12. The fourth-order valence-electron chi connectivity index (χ4n) is 11.1. The van der Waals surface area contributed by atoms with Crippen LogP contribution in [0.25, 0.3) is 10.8 Å². The van der Waals surface area contributed by atoms with E-state index in [9.17, 15) is 10.2 Å². The molecule has 168 valence electrons. The van der Waals surface area contributed by atoms with Crippen molar-refractivity contribution >= 4 is 10.8 Å². The van der Waals surface area contributed by atoms with Crippen molar-refractivity contribution < 1.29 is 10.2 Å². The number of hydrogen-bond acceptors (Lipinski definition) is 2. The molecule has 0 unspecified atom stereocenters. The molecule has 0 saturated heterocycles. The molecule has 32 heavy (non-hydrogen) atoms. The van der Waals surface area contributed by atoms with Crippen LogP contribution in [0.2, 0.25) is 0 Å². The van der Waals surface area contributed by atoms with E-state index in [0.29, 0.717) is 16.9 Å². The van der Waals surface area contributed by atoms with Gasteiger partial charge in [0.2, 0.25) is 0 Å². The zero-order valence-corrected chi connectivity index (χ0v) is 19.2. The van der Waals surface area contributed by atoms with Crippen LogP contribution in [-0.4, -0.2) is 10.2 Å². The first kappa shape index (κ1) is 18.7. The molecular formula is C30H36O2. The van der Waals surface area contributed by atoms with Gasteiger partial charge in [-0.2, -0.15) is 0 Å². The summed E-state index contributed by atoms with van der Waals surface area (Å²) in [6.45, 7) is 0. The lowest BCUT2D eigenvalue weighted by Gasteiger charge is -2.57. The van der Waals surface area contributed by atoms with Crippen LogP contribution >= 0.6 is 0 Å². The van der Waals surface area contributed by atoms with Crippen LogP contribution in [-0.2, 0) is 10.8 Å². The maximum absolute atomic E-state index is 11.6. The number of hydrogen-bond donors (Lipinski definition) is 2. The molecule has 8 saturated carbocycles. The summed E-state index contributed by atoms with van der Waals surface area (Å²) in [5.41, 5.74) is 2.91. The highest BCUT2D eigenvalue weighted by atomic mass is 16.3. The Labute approximate surface area is 191 Å². The number of rotatable bonds is 2. The van der Waals surface area contributed by atoms with E-state index in [-0.39, 0.29) is 10.8 Å². The molecule has 8 aliphatic carbocycles. The zero-order chi connectivity index (χ0) is 21.2. The third kappa shape index (κ3) is 2.42. The molecular weight excluding hydrogens is 392 g/mol. The number of phenolic OH excluding ortho intramolecular Hbond substituents is 2. The van der Waals surface area contributed by atoms with Crippen LogP contribution in [0, 0.1) is 35.5 Å². The standard InChI is InChI=1S/C30H36O2/c31-26-10-24(29-11-17-3-18(12-29)5-19(4-17)13-29)9-23-1-2-25(28(32)27(23)26)30-14-20-6-21(15-30)8-22(7-20)16-30/h1-2,9-10,17-22,31-32H,3-8,11-16H2. The normalized spacial score (nSPS) is 45.8. The van der Waals surface area contributed by atoms with E-state index < -0.39 is 0 Å². The Kier molecular flexibility index (Phi) is 3.53. The van der Waals surface area contributed by atoms with Gasteiger partial charge in [0.25, 0.3) is 0 Å². The average Bonchev–Trinajstić information content (AvgIpc) is 2.71. The maximum Gasteiger partial charge on any atom is 0.130 e. The quantitative estimate of drug-likeness (QED) is 0.531. The Morgan fingerprint density at radius 2 is 1.06 bits per heavy atom. The largest absolute Gasteiger partial charge is 0.507 e. The molecule has 8 fully saturated rings. The Morgan fingerprint density at radius 1 is 0.594 bits per heavy atom. The van der Waals surface area contributed by atoms with Gasteiger partial charge in [0.05, 0.1) is 5.39 Å². The minimum absolute atomic E-state index is 0.151. The van der Waals surface area contributed by atoms with Gasteiger partial charge in [0.1, 0.15) is 11.5 Å². The molecule has 0 aliphatic heterocycles. The summed E-state index contributed by atoms with van der Waals surface area (Å²) in [7, 11) is 0. The second kappa shape index (κ2) is 6.05. The van der Waals surface area contributed by atoms with Gasteiger partial charge >= 0.3 is 0 Å². The molecule has 2 nitrogen and oxygen atoms in total. The predicted octanol–water partition coefficient (Wildman–Crippen LogP) is 7.19. The Hall–Kier alpha value is -1.70. The van der Waals surface area contributed by atoms with E-state index in [2.05, 4.69) is 24.3 Å². The van der Waals surface area contributed by atoms with Crippen molar-refractivity contribution in [1.29, 1.82) is 0 Å². The summed E-state index contributed by atoms with van der Waals surface area (Å²) >= 11 is 0. The van der Waals surface area contributed by atoms with Gasteiger partial charge in [-0.25, -0.2) is 0 Å². The lowest BCUT2D eigenvalue weighted by molar-refractivity contribution is -0.00613. The average molecular weight is 429 g/mol. The second-order valence-corrected chi connectivity index (χ2v) is 13.5. The molecule has 2 heteroatoms. The topological polar surface area (TPSA) is 40.5 Å². The second-order valence-electron chi connectivity index (χ2n) is 13.5. The third-order valence-electron chi connectivity index (χ3n) is 11.3. The van der Waals surface area contributed by atoms with Gasteiger partial charge in [-0.1, -0.05) is 18.2 Å². The third-order valence-corrected chi connectivity index (χ3v) is 11.3. The van der Waals surface area contributed by atoms with Gasteiger partial charge in [-0.3, -0.25) is 0 Å². The summed E-state index contributed by atoms with van der Waals surface area (Å²) in [5, 5.41) is 24.6. The van der Waals surface area contributed by atoms with Gasteiger partial charge in [0.15, 0.2) is 0 Å². The molecule has 10 rings (SSSR count). The molecule has 8 aliphatic rings. The first-order chi connectivity index (χ1) is 15.5. The minimum Gasteiger partial charge on any atom is -0.507 e. The van der Waals surface area contributed by atoms with Crippen LogP contribution in [0.15, 0.2) is 24.3 Å². The van der Waals surface area contributed by atoms with Crippen LogP contribution < -0.4 is 0 Å². The van der Waals surface area contributed by atoms with E-state index in [1.54, 1.807) is 0 Å². The molecule has 0 radical (unpaired) electrons. The fraction of sp³-hybridized carbons (Fsp3) is 0.667. The fourth-order valence-corrected chi connectivity index (χ4v) is 11.1. The Bertz CT molecular complexity index is 1060. The number of phenols is 2. The Balaban J connectivity index is 1.24. The van der Waals surface area contributed by atoms with E-state index >= 15 is 0 Å². The van der Waals surface area contributed by atoms with Crippen molar-refractivity contribution in [2.75, 3.05) is 0 Å². The van der Waals surface area contributed by atoms with Crippen molar-refractivity contribution in [2.45, 2.75) is 87.9 Å². The lowest BCUT2D eigenvalue weighted by Crippen LogP contribution is -2.48. The van der Waals surface area contributed by atoms with Gasteiger partial charge in [0, 0.05) is 5.56 Å². The lowest BCUT2D eigenvalue weighted by atomic mass is 9.47. The van der Waals surface area contributed by atoms with Crippen molar-refractivity contribution in [3.8, 4) is 11.5 Å². The van der Waals surface area contributed by atoms with E-state index in [1.165, 1.54) is 82.6 Å². The molecule has 0 atom stereocenters. The van der Waals surface area contributed by atoms with Crippen LogP contribution in [0.1, 0.15) is 88.2 Å². The molecule has 2 N–H and O–H groups in total. The van der Waals surface area contributed by atoms with Crippen molar-refractivity contribution in [2.24, 2.45) is 35.5 Å². The van der Waals surface area contributed by atoms with Crippen LogP contribution in [0.3, 0.4) is 0 Å². The molecule has 0 heterocycles. The molecule has 0 amide bonds. The summed E-state index contributed by atoms with van der Waals surface area (Å²) in [6, 6.07) is 8.87. The first-order valence-corrected chi connectivity index (χ1v) is 13.5. The first-order valence-electron chi connectivity index (χ1n) is 13.5. The van der Waals surface area contributed by atoms with Gasteiger partial charge in [-0.05, 0) is 140 Å². The van der Waals surface area contributed by atoms with Crippen LogP contribution in [0.5, 0.6) is 11.5 Å². The monoisotopic (exact) mass is 428 g/mol. The molecule has 0 aromatic heterocycles. The molecule has 2 aromatic rings. The smallest absolute Gasteiger partial charge is 0.130 e. The number of fused-ring (bicyclic) bond motifs is 1. The van der Waals surface area contributed by atoms with Crippen molar-refractivity contribution in [1.82, 2.24) is 0 Å². The number of benzene rings is 2. The van der Waals surface area contributed by atoms with E-state index in [4.69, 9.17) is 0 Å². The van der Waals surface area contributed by atoms with Crippen LogP contribution in [0.4, 0.5) is 0 Å². The van der Waals surface area contributed by atoms with E-state index in [1.807, 2.05) is 0 Å². The Morgan fingerprint density at radius 3 is 1.56 bits per heavy atom. The number of aromatic hydroxyl groups is 2. The van der Waals surface area contributed by atoms with Gasteiger partial charge in [-0.15, -0.1) is 0 Å². The highest BCUT2D eigenvalue weighted by Crippen LogP contribution is 2.64. The summed E-state index contributed by atoms with van der Waals surface area (Å²) in [5.74, 6) is 5.94. The summed E-state index contributed by atoms with van der Waals surface area (Å²) < 4.78 is 0. The highest BCUT2D eigenvalue weighted by molar-refractivity contribution is 5.95.